The van der Waals surface area contributed by atoms with Crippen molar-refractivity contribution in [3.8, 4) is 0 Å². The molecule has 0 saturated carbocycles. The Morgan fingerprint density at radius 2 is 1.55 bits per heavy atom. The van der Waals surface area contributed by atoms with E-state index in [9.17, 15) is 0 Å². The third-order valence-corrected chi connectivity index (χ3v) is 3.87. The summed E-state index contributed by atoms with van der Waals surface area (Å²) in [5.41, 5.74) is 9.82. The third kappa shape index (κ3) is 4.86. The molecule has 0 aromatic heterocycles. The van der Waals surface area contributed by atoms with Crippen molar-refractivity contribution in [3.05, 3.63) is 65.7 Å². The van der Waals surface area contributed by atoms with Crippen LogP contribution in [0.15, 0.2) is 54.6 Å². The van der Waals surface area contributed by atoms with E-state index in [-0.39, 0.29) is 0 Å². The van der Waals surface area contributed by atoms with Crippen molar-refractivity contribution in [1.82, 2.24) is 4.90 Å². The molecule has 2 N–H and O–H groups in total. The zero-order valence-electron chi connectivity index (χ0n) is 13.7. The second kappa shape index (κ2) is 8.57. The van der Waals surface area contributed by atoms with E-state index in [0.717, 1.165) is 26.1 Å². The molecule has 0 unspecified atom stereocenters. The van der Waals surface area contributed by atoms with E-state index in [1.54, 1.807) is 0 Å². The molecule has 0 bridgehead atoms. The Morgan fingerprint density at radius 1 is 0.864 bits per heavy atom. The molecular weight excluding hydrogens is 270 g/mol. The van der Waals surface area contributed by atoms with Gasteiger partial charge in [-0.3, -0.25) is 4.90 Å². The molecule has 0 amide bonds. The number of para-hydroxylation sites is 1. The van der Waals surface area contributed by atoms with Gasteiger partial charge < -0.3 is 10.6 Å². The number of nitrogens with zero attached hydrogens (tertiary/aromatic N) is 2. The number of rotatable bonds is 8. The molecule has 0 fully saturated rings. The number of benzene rings is 2. The summed E-state index contributed by atoms with van der Waals surface area (Å²) >= 11 is 0. The third-order valence-electron chi connectivity index (χ3n) is 3.87. The fraction of sp³-hybridized carbons (Fsp3) is 0.368. The van der Waals surface area contributed by atoms with Gasteiger partial charge in [-0.2, -0.15) is 0 Å². The highest BCUT2D eigenvalue weighted by molar-refractivity contribution is 5.52. The molecule has 0 saturated heterocycles. The molecule has 118 valence electrons. The Labute approximate surface area is 134 Å². The fourth-order valence-corrected chi connectivity index (χ4v) is 2.71. The smallest absolute Gasteiger partial charge is 0.0406 e. The summed E-state index contributed by atoms with van der Waals surface area (Å²) in [7, 11) is 4.19. The number of nitrogens with two attached hydrogens (primary N) is 1. The second-order valence-electron chi connectivity index (χ2n) is 5.82. The topological polar surface area (TPSA) is 32.5 Å². The van der Waals surface area contributed by atoms with Gasteiger partial charge in [0.2, 0.25) is 0 Å². The molecule has 0 aliphatic rings. The van der Waals surface area contributed by atoms with Crippen LogP contribution in [0, 0.1) is 0 Å². The minimum absolute atomic E-state index is 0.693. The molecule has 2 aromatic carbocycles. The van der Waals surface area contributed by atoms with E-state index >= 15 is 0 Å². The van der Waals surface area contributed by atoms with Gasteiger partial charge in [0, 0.05) is 46.0 Å². The van der Waals surface area contributed by atoms with Crippen LogP contribution in [0.25, 0.3) is 0 Å². The lowest BCUT2D eigenvalue weighted by Gasteiger charge is -2.25. The first-order valence-corrected chi connectivity index (χ1v) is 7.92. The molecule has 0 heterocycles. The lowest BCUT2D eigenvalue weighted by Crippen LogP contribution is -2.31. The lowest BCUT2D eigenvalue weighted by atomic mass is 10.1. The van der Waals surface area contributed by atoms with E-state index < -0.39 is 0 Å². The van der Waals surface area contributed by atoms with Crippen molar-refractivity contribution in [2.45, 2.75) is 13.0 Å². The molecule has 0 radical (unpaired) electrons. The van der Waals surface area contributed by atoms with Crippen molar-refractivity contribution in [2.24, 2.45) is 5.73 Å². The van der Waals surface area contributed by atoms with Gasteiger partial charge in [-0.05, 0) is 23.6 Å². The Kier molecular flexibility index (Phi) is 6.44. The summed E-state index contributed by atoms with van der Waals surface area (Å²) in [4.78, 5) is 4.61. The quantitative estimate of drug-likeness (QED) is 0.813. The SMILES string of the molecule is CN(C)c1ccccc1CN(CCN)CCc1ccccc1. The van der Waals surface area contributed by atoms with Gasteiger partial charge in [0.15, 0.2) is 0 Å². The molecule has 22 heavy (non-hydrogen) atoms. The molecule has 2 aromatic rings. The van der Waals surface area contributed by atoms with Crippen LogP contribution in [-0.2, 0) is 13.0 Å². The van der Waals surface area contributed by atoms with E-state index in [1.165, 1.54) is 16.8 Å². The molecule has 2 rings (SSSR count). The van der Waals surface area contributed by atoms with Gasteiger partial charge in [-0.1, -0.05) is 48.5 Å². The first-order chi connectivity index (χ1) is 10.7. The summed E-state index contributed by atoms with van der Waals surface area (Å²) in [6, 6.07) is 19.2. The maximum Gasteiger partial charge on any atom is 0.0406 e. The Balaban J connectivity index is 2.02. The summed E-state index contributed by atoms with van der Waals surface area (Å²) in [6.07, 6.45) is 1.06. The maximum absolute atomic E-state index is 5.80. The Hall–Kier alpha value is -1.84. The van der Waals surface area contributed by atoms with E-state index in [2.05, 4.69) is 78.5 Å². The molecule has 0 spiro atoms. The Morgan fingerprint density at radius 3 is 2.23 bits per heavy atom. The fourth-order valence-electron chi connectivity index (χ4n) is 2.71. The van der Waals surface area contributed by atoms with Crippen LogP contribution in [0.5, 0.6) is 0 Å². The van der Waals surface area contributed by atoms with Gasteiger partial charge in [0.05, 0.1) is 0 Å². The van der Waals surface area contributed by atoms with Gasteiger partial charge >= 0.3 is 0 Å². The van der Waals surface area contributed by atoms with Gasteiger partial charge in [-0.15, -0.1) is 0 Å². The highest BCUT2D eigenvalue weighted by Gasteiger charge is 2.09. The van der Waals surface area contributed by atoms with Gasteiger partial charge in [0.1, 0.15) is 0 Å². The van der Waals surface area contributed by atoms with E-state index in [4.69, 9.17) is 5.73 Å². The number of anilines is 1. The molecule has 3 heteroatoms. The van der Waals surface area contributed by atoms with Crippen LogP contribution in [0.3, 0.4) is 0 Å². The summed E-state index contributed by atoms with van der Waals surface area (Å²) in [6.45, 7) is 3.59. The summed E-state index contributed by atoms with van der Waals surface area (Å²) < 4.78 is 0. The van der Waals surface area contributed by atoms with Crippen LogP contribution >= 0.6 is 0 Å². The largest absolute Gasteiger partial charge is 0.377 e. The Bertz CT molecular complexity index is 552. The monoisotopic (exact) mass is 297 g/mol. The second-order valence-corrected chi connectivity index (χ2v) is 5.82. The van der Waals surface area contributed by atoms with E-state index in [0.29, 0.717) is 6.54 Å². The van der Waals surface area contributed by atoms with Gasteiger partial charge in [0.25, 0.3) is 0 Å². The van der Waals surface area contributed by atoms with Crippen molar-refractivity contribution in [3.63, 3.8) is 0 Å². The highest BCUT2D eigenvalue weighted by atomic mass is 15.1. The van der Waals surface area contributed by atoms with Crippen LogP contribution in [0.1, 0.15) is 11.1 Å². The van der Waals surface area contributed by atoms with Gasteiger partial charge in [-0.25, -0.2) is 0 Å². The molecule has 0 aliphatic carbocycles. The van der Waals surface area contributed by atoms with E-state index in [1.807, 2.05) is 0 Å². The minimum Gasteiger partial charge on any atom is -0.377 e. The predicted molar refractivity (Wildman–Crippen MR) is 95.2 cm³/mol. The predicted octanol–water partition coefficient (Wildman–Crippen LogP) is 2.76. The zero-order chi connectivity index (χ0) is 15.8. The summed E-state index contributed by atoms with van der Waals surface area (Å²) in [5, 5.41) is 0. The standard InChI is InChI=1S/C19H27N3/c1-21(2)19-11-7-6-10-18(19)16-22(15-13-20)14-12-17-8-4-3-5-9-17/h3-11H,12-16,20H2,1-2H3. The van der Waals surface area contributed by atoms with Crippen molar-refractivity contribution < 1.29 is 0 Å². The average molecular weight is 297 g/mol. The zero-order valence-corrected chi connectivity index (χ0v) is 13.7. The van der Waals surface area contributed by atoms with Crippen LogP contribution in [-0.4, -0.2) is 38.6 Å². The maximum atomic E-state index is 5.80. The molecule has 0 aliphatic heterocycles. The minimum atomic E-state index is 0.693. The van der Waals surface area contributed by atoms with Crippen molar-refractivity contribution in [1.29, 1.82) is 0 Å². The lowest BCUT2D eigenvalue weighted by molar-refractivity contribution is 0.276. The molecule has 0 atom stereocenters. The molecular formula is C19H27N3. The first kappa shape index (κ1) is 16.5. The van der Waals surface area contributed by atoms with Crippen molar-refractivity contribution in [2.75, 3.05) is 38.6 Å². The number of hydrogen-bond acceptors (Lipinski definition) is 3. The molecule has 3 nitrogen and oxygen atoms in total. The highest BCUT2D eigenvalue weighted by Crippen LogP contribution is 2.19. The van der Waals surface area contributed by atoms with Crippen LogP contribution in [0.4, 0.5) is 5.69 Å². The first-order valence-electron chi connectivity index (χ1n) is 7.92. The number of hydrogen-bond donors (Lipinski definition) is 1. The van der Waals surface area contributed by atoms with Crippen LogP contribution in [0.2, 0.25) is 0 Å². The van der Waals surface area contributed by atoms with Crippen molar-refractivity contribution >= 4 is 5.69 Å². The summed E-state index contributed by atoms with van der Waals surface area (Å²) in [5.74, 6) is 0. The van der Waals surface area contributed by atoms with Crippen LogP contribution < -0.4 is 10.6 Å². The normalized spacial score (nSPS) is 10.9. The average Bonchev–Trinajstić information content (AvgIpc) is 2.54.